The molecule has 1 aromatic carbocycles. The van der Waals surface area contributed by atoms with E-state index in [-0.39, 0.29) is 11.9 Å². The highest BCUT2D eigenvalue weighted by molar-refractivity contribution is 7.88. The molecule has 0 spiro atoms. The molecule has 0 bridgehead atoms. The second-order valence-electron chi connectivity index (χ2n) is 7.74. The van der Waals surface area contributed by atoms with Crippen molar-refractivity contribution in [2.75, 3.05) is 24.7 Å². The number of sulfonamides is 1. The normalized spacial score (nSPS) is 15.1. The van der Waals surface area contributed by atoms with Gasteiger partial charge in [0, 0.05) is 30.5 Å². The van der Waals surface area contributed by atoms with Crippen molar-refractivity contribution in [1.29, 1.82) is 0 Å². The van der Waals surface area contributed by atoms with Crippen molar-refractivity contribution in [3.63, 3.8) is 0 Å². The van der Waals surface area contributed by atoms with Gasteiger partial charge in [0.25, 0.3) is 5.91 Å². The van der Waals surface area contributed by atoms with E-state index in [2.05, 4.69) is 25.8 Å². The molecule has 1 aliphatic rings. The summed E-state index contributed by atoms with van der Waals surface area (Å²) in [4.78, 5) is 14.3. The molecule has 0 aliphatic carbocycles. The van der Waals surface area contributed by atoms with Gasteiger partial charge in [-0.2, -0.15) is 14.2 Å². The maximum absolute atomic E-state index is 12.9. The topological polar surface area (TPSA) is 127 Å². The first-order valence-electron chi connectivity index (χ1n) is 9.89. The van der Waals surface area contributed by atoms with Crippen LogP contribution in [0.2, 0.25) is 0 Å². The van der Waals surface area contributed by atoms with Crippen molar-refractivity contribution in [2.45, 2.75) is 13.0 Å². The van der Waals surface area contributed by atoms with E-state index in [1.54, 1.807) is 16.8 Å². The molecule has 1 fully saturated rings. The predicted octanol–water partition coefficient (Wildman–Crippen LogP) is 1.36. The second-order valence-corrected chi connectivity index (χ2v) is 9.72. The average molecular weight is 453 g/mol. The summed E-state index contributed by atoms with van der Waals surface area (Å²) in [6.07, 6.45) is 4.50. The third-order valence-electron chi connectivity index (χ3n) is 5.47. The van der Waals surface area contributed by atoms with E-state index in [4.69, 9.17) is 0 Å². The Hall–Kier alpha value is -3.64. The monoisotopic (exact) mass is 452 g/mol. The van der Waals surface area contributed by atoms with Crippen LogP contribution < -0.4 is 5.32 Å². The van der Waals surface area contributed by atoms with Crippen LogP contribution in [0.4, 0.5) is 5.69 Å². The minimum Gasteiger partial charge on any atom is -0.322 e. The lowest BCUT2D eigenvalue weighted by atomic mass is 10.1. The summed E-state index contributed by atoms with van der Waals surface area (Å²) in [6, 6.07) is 10.9. The number of aromatic nitrogens is 6. The molecule has 1 aliphatic heterocycles. The number of fused-ring (bicyclic) bond motifs is 1. The highest BCUT2D eigenvalue weighted by Crippen LogP contribution is 2.26. The fourth-order valence-electron chi connectivity index (χ4n) is 3.52. The van der Waals surface area contributed by atoms with Crippen LogP contribution in [-0.2, 0) is 10.0 Å². The fraction of sp³-hybridized carbons (Fsp3) is 0.250. The lowest BCUT2D eigenvalue weighted by Crippen LogP contribution is -2.50. The van der Waals surface area contributed by atoms with Crippen LogP contribution in [0.1, 0.15) is 22.0 Å². The molecule has 5 rings (SSSR count). The lowest BCUT2D eigenvalue weighted by Gasteiger charge is -2.35. The molecule has 0 radical (unpaired) electrons. The minimum atomic E-state index is -3.21. The summed E-state index contributed by atoms with van der Waals surface area (Å²) in [5.74, 6) is 0.132. The largest absolute Gasteiger partial charge is 0.322 e. The van der Waals surface area contributed by atoms with Gasteiger partial charge in [0.2, 0.25) is 15.8 Å². The standard InChI is InChI=1S/C20H20N8O3S/c1-13-6-7-14(19-23-25-28(24-19)15-11-26(12-15)32(2,30)31)9-17(13)22-20(29)16-10-21-27-8-4-3-5-18(16)27/h3-10,15H,11-12H2,1-2H3,(H,22,29). The Morgan fingerprint density at radius 3 is 2.78 bits per heavy atom. The van der Waals surface area contributed by atoms with E-state index in [9.17, 15) is 13.2 Å². The van der Waals surface area contributed by atoms with Crippen LogP contribution in [0.5, 0.6) is 0 Å². The number of amides is 1. The van der Waals surface area contributed by atoms with Gasteiger partial charge in [-0.25, -0.2) is 12.9 Å². The first kappa shape index (κ1) is 20.3. The number of tetrazole rings is 1. The Bertz CT molecular complexity index is 1440. The van der Waals surface area contributed by atoms with Gasteiger partial charge in [0.05, 0.1) is 23.5 Å². The number of nitrogens with one attached hydrogen (secondary N) is 1. The molecular weight excluding hydrogens is 432 g/mol. The second kappa shape index (κ2) is 7.50. The van der Waals surface area contributed by atoms with Crippen LogP contribution in [0.3, 0.4) is 0 Å². The van der Waals surface area contributed by atoms with E-state index in [0.717, 1.165) is 5.56 Å². The maximum Gasteiger partial charge on any atom is 0.259 e. The van der Waals surface area contributed by atoms with Crippen molar-refractivity contribution < 1.29 is 13.2 Å². The molecule has 0 saturated carbocycles. The molecule has 12 heteroatoms. The van der Waals surface area contributed by atoms with E-state index < -0.39 is 10.0 Å². The Labute approximate surface area is 183 Å². The third-order valence-corrected chi connectivity index (χ3v) is 6.70. The maximum atomic E-state index is 12.9. The van der Waals surface area contributed by atoms with Gasteiger partial charge < -0.3 is 5.32 Å². The van der Waals surface area contributed by atoms with E-state index in [1.807, 2.05) is 37.3 Å². The van der Waals surface area contributed by atoms with Crippen molar-refractivity contribution in [1.82, 2.24) is 34.1 Å². The summed E-state index contributed by atoms with van der Waals surface area (Å²) < 4.78 is 26.1. The van der Waals surface area contributed by atoms with Crippen LogP contribution in [0.25, 0.3) is 16.9 Å². The van der Waals surface area contributed by atoms with Crippen LogP contribution in [0, 0.1) is 6.92 Å². The molecule has 32 heavy (non-hydrogen) atoms. The molecule has 4 aromatic rings. The van der Waals surface area contributed by atoms with Gasteiger partial charge >= 0.3 is 0 Å². The van der Waals surface area contributed by atoms with Crippen molar-refractivity contribution in [2.24, 2.45) is 0 Å². The van der Waals surface area contributed by atoms with Gasteiger partial charge in [-0.05, 0) is 35.9 Å². The number of anilines is 1. The molecular formula is C20H20N8O3S. The van der Waals surface area contributed by atoms with Crippen molar-refractivity contribution in [3.8, 4) is 11.4 Å². The van der Waals surface area contributed by atoms with Gasteiger partial charge in [-0.3, -0.25) is 4.79 Å². The Balaban J connectivity index is 1.36. The predicted molar refractivity (Wildman–Crippen MR) is 117 cm³/mol. The van der Waals surface area contributed by atoms with E-state index >= 15 is 0 Å². The SMILES string of the molecule is Cc1ccc(-c2nnn(C3CN(S(C)(=O)=O)C3)n2)cc1NC(=O)c1cnn2ccccc12. The van der Waals surface area contributed by atoms with Gasteiger partial charge in [0.15, 0.2) is 0 Å². The molecule has 164 valence electrons. The first-order valence-corrected chi connectivity index (χ1v) is 11.7. The molecule has 1 amide bonds. The van der Waals surface area contributed by atoms with E-state index in [0.29, 0.717) is 41.2 Å². The molecule has 1 N–H and O–H groups in total. The highest BCUT2D eigenvalue weighted by atomic mass is 32.2. The zero-order valence-electron chi connectivity index (χ0n) is 17.4. The number of benzene rings is 1. The number of pyridine rings is 1. The molecule has 0 atom stereocenters. The summed E-state index contributed by atoms with van der Waals surface area (Å²) in [5, 5.41) is 19.7. The number of aryl methyl sites for hydroxylation is 1. The fourth-order valence-corrected chi connectivity index (χ4v) is 4.41. The van der Waals surface area contributed by atoms with Gasteiger partial charge in [-0.1, -0.05) is 18.2 Å². The number of carbonyl (C=O) groups is 1. The molecule has 3 aromatic heterocycles. The van der Waals surface area contributed by atoms with Crippen molar-refractivity contribution in [3.05, 3.63) is 59.9 Å². The average Bonchev–Trinajstić information content (AvgIpc) is 3.35. The van der Waals surface area contributed by atoms with Crippen molar-refractivity contribution >= 4 is 27.1 Å². The number of hydrogen-bond donors (Lipinski definition) is 1. The zero-order chi connectivity index (χ0) is 22.5. The summed E-state index contributed by atoms with van der Waals surface area (Å²) in [6.45, 7) is 2.54. The summed E-state index contributed by atoms with van der Waals surface area (Å²) >= 11 is 0. The molecule has 1 saturated heterocycles. The van der Waals surface area contributed by atoms with Crippen LogP contribution in [0.15, 0.2) is 48.8 Å². The Morgan fingerprint density at radius 2 is 2.00 bits per heavy atom. The minimum absolute atomic E-state index is 0.147. The molecule has 11 nitrogen and oxygen atoms in total. The molecule has 0 unspecified atom stereocenters. The van der Waals surface area contributed by atoms with E-state index in [1.165, 1.54) is 21.6 Å². The number of rotatable bonds is 5. The number of nitrogens with zero attached hydrogens (tertiary/aromatic N) is 7. The zero-order valence-corrected chi connectivity index (χ0v) is 18.2. The Kier molecular flexibility index (Phi) is 4.75. The quantitative estimate of drug-likeness (QED) is 0.484. The number of carbonyl (C=O) groups excluding carboxylic acids is 1. The van der Waals surface area contributed by atoms with Crippen LogP contribution >= 0.6 is 0 Å². The highest BCUT2D eigenvalue weighted by Gasteiger charge is 2.36. The summed E-state index contributed by atoms with van der Waals surface area (Å²) in [7, 11) is -3.21. The third kappa shape index (κ3) is 3.63. The number of hydrogen-bond acceptors (Lipinski definition) is 7. The first-order chi connectivity index (χ1) is 15.3. The Morgan fingerprint density at radius 1 is 1.19 bits per heavy atom. The van der Waals surface area contributed by atoms with Crippen LogP contribution in [-0.4, -0.2) is 67.8 Å². The van der Waals surface area contributed by atoms with Gasteiger partial charge in [-0.15, -0.1) is 10.2 Å². The molecule has 4 heterocycles. The van der Waals surface area contributed by atoms with Gasteiger partial charge in [0.1, 0.15) is 6.04 Å². The summed E-state index contributed by atoms with van der Waals surface area (Å²) in [5.41, 5.74) is 3.39. The lowest BCUT2D eigenvalue weighted by molar-refractivity contribution is 0.102. The smallest absolute Gasteiger partial charge is 0.259 e.